The summed E-state index contributed by atoms with van der Waals surface area (Å²) in [7, 11) is 0. The lowest BCUT2D eigenvalue weighted by Gasteiger charge is -2.11. The number of hydrogen-bond donors (Lipinski definition) is 5. The van der Waals surface area contributed by atoms with Crippen LogP contribution in [0.15, 0.2) is 0 Å². The van der Waals surface area contributed by atoms with E-state index in [-0.39, 0.29) is 25.9 Å². The van der Waals surface area contributed by atoms with Gasteiger partial charge in [-0.15, -0.1) is 0 Å². The molecular weight excluding hydrogens is 244 g/mol. The number of carboxylic acid groups (broad SMARTS) is 1. The minimum absolute atomic E-state index is 0.00430. The monoisotopic (exact) mass is 260 g/mol. The van der Waals surface area contributed by atoms with Crippen LogP contribution in [-0.4, -0.2) is 47.9 Å². The van der Waals surface area contributed by atoms with Gasteiger partial charge < -0.3 is 27.2 Å². The second kappa shape index (κ2) is 8.01. The Morgan fingerprint density at radius 3 is 2.17 bits per heavy atom. The van der Waals surface area contributed by atoms with Crippen LogP contribution in [0.3, 0.4) is 0 Å². The molecule has 9 heteroatoms. The number of primary amides is 1. The summed E-state index contributed by atoms with van der Waals surface area (Å²) in [4.78, 5) is 42.5. The first-order valence-corrected chi connectivity index (χ1v) is 5.17. The highest BCUT2D eigenvalue weighted by atomic mass is 16.4. The molecule has 1 unspecified atom stereocenters. The molecule has 18 heavy (non-hydrogen) atoms. The molecule has 0 saturated carbocycles. The van der Waals surface area contributed by atoms with Gasteiger partial charge in [0.05, 0.1) is 6.04 Å². The fraction of sp³-hybridized carbons (Fsp3) is 0.556. The van der Waals surface area contributed by atoms with Gasteiger partial charge in [-0.05, 0) is 6.42 Å². The zero-order valence-corrected chi connectivity index (χ0v) is 9.64. The molecule has 0 aliphatic carbocycles. The van der Waals surface area contributed by atoms with E-state index in [2.05, 4.69) is 10.6 Å². The summed E-state index contributed by atoms with van der Waals surface area (Å²) in [5.74, 6) is -3.80. The van der Waals surface area contributed by atoms with Crippen LogP contribution in [0, 0.1) is 0 Å². The number of carbonyl (C=O) groups excluding carboxylic acids is 3. The minimum Gasteiger partial charge on any atom is -0.474 e. The molecule has 0 rings (SSSR count). The Kier molecular flexibility index (Phi) is 7.05. The van der Waals surface area contributed by atoms with Gasteiger partial charge in [0.2, 0.25) is 11.8 Å². The van der Waals surface area contributed by atoms with Crippen molar-refractivity contribution in [1.29, 1.82) is 0 Å². The van der Waals surface area contributed by atoms with Gasteiger partial charge in [-0.25, -0.2) is 4.79 Å². The molecule has 3 amide bonds. The van der Waals surface area contributed by atoms with Gasteiger partial charge in [0, 0.05) is 19.5 Å². The summed E-state index contributed by atoms with van der Waals surface area (Å²) in [6, 6.07) is -0.868. The van der Waals surface area contributed by atoms with E-state index in [0.717, 1.165) is 0 Å². The Bertz CT molecular complexity index is 344. The van der Waals surface area contributed by atoms with Crippen molar-refractivity contribution in [3.63, 3.8) is 0 Å². The van der Waals surface area contributed by atoms with Gasteiger partial charge in [-0.3, -0.25) is 14.4 Å². The normalized spacial score (nSPS) is 11.4. The average Bonchev–Trinajstić information content (AvgIpc) is 2.30. The van der Waals surface area contributed by atoms with Crippen LogP contribution in [0.1, 0.15) is 12.8 Å². The number of nitrogens with one attached hydrogen (secondary N) is 2. The smallest absolute Gasteiger partial charge is 0.394 e. The number of aliphatic carboxylic acids is 1. The largest absolute Gasteiger partial charge is 0.474 e. The molecule has 0 aromatic heterocycles. The molecule has 0 fully saturated rings. The highest BCUT2D eigenvalue weighted by molar-refractivity contribution is 6.31. The minimum atomic E-state index is -1.60. The molecule has 0 radical (unpaired) electrons. The van der Waals surface area contributed by atoms with Crippen molar-refractivity contribution < 1.29 is 24.3 Å². The van der Waals surface area contributed by atoms with Gasteiger partial charge >= 0.3 is 11.9 Å². The summed E-state index contributed by atoms with van der Waals surface area (Å²) in [6.07, 6.45) is 0.132. The summed E-state index contributed by atoms with van der Waals surface area (Å²) in [5, 5.41) is 12.7. The number of carbonyl (C=O) groups is 4. The Labute approximate surface area is 103 Å². The first-order valence-electron chi connectivity index (χ1n) is 5.17. The fourth-order valence-corrected chi connectivity index (χ4v) is 0.997. The highest BCUT2D eigenvalue weighted by Gasteiger charge is 2.14. The van der Waals surface area contributed by atoms with Crippen molar-refractivity contribution in [3.05, 3.63) is 0 Å². The third-order valence-electron chi connectivity index (χ3n) is 1.94. The topological polar surface area (TPSA) is 165 Å². The van der Waals surface area contributed by atoms with Gasteiger partial charge in [0.25, 0.3) is 0 Å². The first kappa shape index (κ1) is 15.8. The van der Waals surface area contributed by atoms with Crippen LogP contribution in [0.5, 0.6) is 0 Å². The quantitative estimate of drug-likeness (QED) is 0.240. The number of amides is 3. The van der Waals surface area contributed by atoms with Crippen molar-refractivity contribution in [1.82, 2.24) is 10.6 Å². The molecule has 0 spiro atoms. The zero-order valence-electron chi connectivity index (χ0n) is 9.64. The van der Waals surface area contributed by atoms with Crippen LogP contribution in [0.2, 0.25) is 0 Å². The van der Waals surface area contributed by atoms with Crippen LogP contribution >= 0.6 is 0 Å². The lowest BCUT2D eigenvalue weighted by Crippen LogP contribution is -2.44. The average molecular weight is 260 g/mol. The number of hydrogen-bond acceptors (Lipinski definition) is 5. The van der Waals surface area contributed by atoms with Crippen molar-refractivity contribution >= 4 is 23.7 Å². The van der Waals surface area contributed by atoms with E-state index in [0.29, 0.717) is 0 Å². The maximum atomic E-state index is 11.3. The van der Waals surface area contributed by atoms with Crippen LogP contribution in [0.4, 0.5) is 0 Å². The molecule has 0 aliphatic rings. The highest BCUT2D eigenvalue weighted by Crippen LogP contribution is 1.93. The second-order valence-electron chi connectivity index (χ2n) is 3.46. The van der Waals surface area contributed by atoms with Gasteiger partial charge in [-0.2, -0.15) is 0 Å². The summed E-state index contributed by atoms with van der Waals surface area (Å²) in [5.41, 5.74) is 10.3. The van der Waals surface area contributed by atoms with E-state index in [1.807, 2.05) is 0 Å². The van der Waals surface area contributed by atoms with Crippen molar-refractivity contribution in [2.45, 2.75) is 18.9 Å². The zero-order chi connectivity index (χ0) is 14.1. The Hall–Kier alpha value is -2.16. The van der Waals surface area contributed by atoms with Crippen molar-refractivity contribution in [3.8, 4) is 0 Å². The Balaban J connectivity index is 3.73. The Morgan fingerprint density at radius 1 is 1.11 bits per heavy atom. The van der Waals surface area contributed by atoms with E-state index < -0.39 is 29.7 Å². The maximum Gasteiger partial charge on any atom is 0.394 e. The number of carboxylic acids is 1. The number of nitrogens with two attached hydrogens (primary N) is 2. The van der Waals surface area contributed by atoms with E-state index in [1.165, 1.54) is 0 Å². The van der Waals surface area contributed by atoms with E-state index in [4.69, 9.17) is 16.6 Å². The molecule has 0 aliphatic heterocycles. The molecule has 0 saturated heterocycles. The van der Waals surface area contributed by atoms with Gasteiger partial charge in [-0.1, -0.05) is 0 Å². The number of rotatable bonds is 7. The molecule has 0 aromatic rings. The van der Waals surface area contributed by atoms with Gasteiger partial charge in [0.15, 0.2) is 0 Å². The van der Waals surface area contributed by atoms with Crippen molar-refractivity contribution in [2.75, 3.05) is 13.1 Å². The molecule has 0 heterocycles. The summed E-state index contributed by atoms with van der Waals surface area (Å²) in [6.45, 7) is 0.0154. The van der Waals surface area contributed by atoms with Crippen molar-refractivity contribution in [2.24, 2.45) is 11.5 Å². The second-order valence-corrected chi connectivity index (χ2v) is 3.46. The molecule has 1 atom stereocenters. The van der Waals surface area contributed by atoms with Crippen LogP contribution in [-0.2, 0) is 19.2 Å². The maximum absolute atomic E-state index is 11.3. The molecule has 0 aromatic carbocycles. The predicted molar refractivity (Wildman–Crippen MR) is 60.1 cm³/mol. The molecule has 0 bridgehead atoms. The van der Waals surface area contributed by atoms with Gasteiger partial charge in [0.1, 0.15) is 0 Å². The van der Waals surface area contributed by atoms with Crippen LogP contribution in [0.25, 0.3) is 0 Å². The lowest BCUT2D eigenvalue weighted by molar-refractivity contribution is -0.150. The summed E-state index contributed by atoms with van der Waals surface area (Å²) >= 11 is 0. The van der Waals surface area contributed by atoms with E-state index in [1.54, 1.807) is 0 Å². The lowest BCUT2D eigenvalue weighted by atomic mass is 10.1. The standard InChI is InChI=1S/C9H16N4O5/c10-5(1-2-6(11)14)7(15)12-3-4-13-8(16)9(17)18/h5H,1-4,10H2,(H2,11,14)(H,12,15)(H,13,16)(H,17,18). The third kappa shape index (κ3) is 7.17. The molecule has 102 valence electrons. The van der Waals surface area contributed by atoms with Crippen LogP contribution < -0.4 is 22.1 Å². The predicted octanol–water partition coefficient (Wildman–Crippen LogP) is -3.10. The summed E-state index contributed by atoms with van der Waals surface area (Å²) < 4.78 is 0. The first-order chi connectivity index (χ1) is 8.34. The third-order valence-corrected chi connectivity index (χ3v) is 1.94. The molecular formula is C9H16N4O5. The molecule has 7 N–H and O–H groups in total. The SMILES string of the molecule is NC(=O)CCC(N)C(=O)NCCNC(=O)C(=O)O. The molecule has 9 nitrogen and oxygen atoms in total. The van der Waals surface area contributed by atoms with E-state index in [9.17, 15) is 19.2 Å². The van der Waals surface area contributed by atoms with E-state index >= 15 is 0 Å². The fourth-order valence-electron chi connectivity index (χ4n) is 0.997. The Morgan fingerprint density at radius 2 is 1.67 bits per heavy atom.